The van der Waals surface area contributed by atoms with Crippen LogP contribution in [0.3, 0.4) is 0 Å². The molecule has 172 valence electrons. The van der Waals surface area contributed by atoms with E-state index < -0.39 is 0 Å². The quantitative estimate of drug-likeness (QED) is 0.240. The summed E-state index contributed by atoms with van der Waals surface area (Å²) >= 11 is 0. The molecule has 34 heavy (non-hydrogen) atoms. The van der Waals surface area contributed by atoms with Crippen molar-refractivity contribution in [1.82, 2.24) is 19.5 Å². The Hall–Kier alpha value is -3.56. The van der Waals surface area contributed by atoms with E-state index in [2.05, 4.69) is 68.7 Å². The SMILES string of the molecule is CC(C)c1ccccc1-n1ccnc1-c1[c-]cccc1.[Pt+2].c1ccc(/N=c2/cccc[n-]2)nc1. The molecule has 3 heterocycles. The molecule has 0 atom stereocenters. The van der Waals surface area contributed by atoms with Crippen LogP contribution in [0.5, 0.6) is 0 Å². The number of rotatable bonds is 4. The molecule has 5 rings (SSSR count). The van der Waals surface area contributed by atoms with Crippen LogP contribution in [0.4, 0.5) is 5.82 Å². The summed E-state index contributed by atoms with van der Waals surface area (Å²) in [6.07, 6.45) is 7.27. The molecular weight excluding hydrogens is 601 g/mol. The van der Waals surface area contributed by atoms with Crippen molar-refractivity contribution in [3.05, 3.63) is 127 Å². The third-order valence-electron chi connectivity index (χ3n) is 4.94. The van der Waals surface area contributed by atoms with Gasteiger partial charge in [-0.1, -0.05) is 68.0 Å². The number of hydrogen-bond acceptors (Lipinski definition) is 3. The molecule has 5 nitrogen and oxygen atoms in total. The van der Waals surface area contributed by atoms with Gasteiger partial charge in [0.25, 0.3) is 0 Å². The molecule has 0 spiro atoms. The number of pyridine rings is 2. The van der Waals surface area contributed by atoms with Gasteiger partial charge in [0.1, 0.15) is 0 Å². The summed E-state index contributed by atoms with van der Waals surface area (Å²) in [6.45, 7) is 4.42. The zero-order chi connectivity index (χ0) is 22.9. The van der Waals surface area contributed by atoms with Gasteiger partial charge in [0.15, 0.2) is 0 Å². The van der Waals surface area contributed by atoms with E-state index in [4.69, 9.17) is 0 Å². The van der Waals surface area contributed by atoms with Crippen LogP contribution in [0.2, 0.25) is 0 Å². The Balaban J connectivity index is 0.000000201. The van der Waals surface area contributed by atoms with E-state index in [0.717, 1.165) is 11.4 Å². The molecular formula is C28H25N5Pt. The van der Waals surface area contributed by atoms with Crippen LogP contribution in [0.15, 0.2) is 115 Å². The fourth-order valence-corrected chi connectivity index (χ4v) is 3.38. The van der Waals surface area contributed by atoms with E-state index in [0.29, 0.717) is 17.2 Å². The Morgan fingerprint density at radius 2 is 1.65 bits per heavy atom. The van der Waals surface area contributed by atoms with E-state index in [9.17, 15) is 0 Å². The summed E-state index contributed by atoms with van der Waals surface area (Å²) in [7, 11) is 0. The number of benzene rings is 2. The van der Waals surface area contributed by atoms with Gasteiger partial charge < -0.3 is 14.5 Å². The van der Waals surface area contributed by atoms with Crippen molar-refractivity contribution in [2.75, 3.05) is 0 Å². The van der Waals surface area contributed by atoms with Gasteiger partial charge in [-0.05, 0) is 29.7 Å². The molecule has 3 aromatic heterocycles. The summed E-state index contributed by atoms with van der Waals surface area (Å²) in [5.74, 6) is 2.08. The zero-order valence-electron chi connectivity index (χ0n) is 19.0. The van der Waals surface area contributed by atoms with Gasteiger partial charge in [-0.15, -0.1) is 35.9 Å². The first-order chi connectivity index (χ1) is 16.2. The largest absolute Gasteiger partial charge is 2.00 e. The van der Waals surface area contributed by atoms with Crippen LogP contribution in [-0.4, -0.2) is 14.5 Å². The third-order valence-corrected chi connectivity index (χ3v) is 4.94. The Morgan fingerprint density at radius 1 is 0.853 bits per heavy atom. The van der Waals surface area contributed by atoms with E-state index in [1.165, 1.54) is 11.3 Å². The Bertz CT molecular complexity index is 1320. The van der Waals surface area contributed by atoms with Gasteiger partial charge in [-0.25, -0.2) is 0 Å². The monoisotopic (exact) mass is 626 g/mol. The summed E-state index contributed by atoms with van der Waals surface area (Å²) in [6, 6.07) is 30.9. The molecule has 0 radical (unpaired) electrons. The van der Waals surface area contributed by atoms with Crippen molar-refractivity contribution in [2.45, 2.75) is 19.8 Å². The molecule has 0 amide bonds. The first-order valence-corrected chi connectivity index (χ1v) is 10.9. The molecule has 0 saturated carbocycles. The van der Waals surface area contributed by atoms with Crippen molar-refractivity contribution in [2.24, 2.45) is 4.99 Å². The third kappa shape index (κ3) is 6.49. The fourth-order valence-electron chi connectivity index (χ4n) is 3.38. The second kappa shape index (κ2) is 12.6. The minimum Gasteiger partial charge on any atom is -0.443 e. The van der Waals surface area contributed by atoms with Crippen LogP contribution < -0.4 is 10.5 Å². The Kier molecular flexibility index (Phi) is 9.30. The first-order valence-electron chi connectivity index (χ1n) is 10.9. The topological polar surface area (TPSA) is 57.2 Å². The number of para-hydroxylation sites is 1. The molecule has 0 aliphatic carbocycles. The predicted octanol–water partition coefficient (Wildman–Crippen LogP) is 5.73. The Labute approximate surface area is 214 Å². The van der Waals surface area contributed by atoms with Crippen LogP contribution in [-0.2, 0) is 21.1 Å². The molecule has 0 fully saturated rings. The fraction of sp³-hybridized carbons (Fsp3) is 0.107. The van der Waals surface area contributed by atoms with E-state index in [1.54, 1.807) is 12.4 Å². The maximum absolute atomic E-state index is 4.49. The second-order valence-electron chi connectivity index (χ2n) is 7.60. The van der Waals surface area contributed by atoms with Crippen molar-refractivity contribution >= 4 is 5.82 Å². The van der Waals surface area contributed by atoms with Gasteiger partial charge in [-0.2, -0.15) is 0 Å². The predicted molar refractivity (Wildman–Crippen MR) is 131 cm³/mol. The van der Waals surface area contributed by atoms with Crippen LogP contribution >= 0.6 is 0 Å². The molecule has 6 heteroatoms. The molecule has 0 aliphatic rings. The van der Waals surface area contributed by atoms with E-state index in [1.807, 2.05) is 73.1 Å². The summed E-state index contributed by atoms with van der Waals surface area (Å²) in [4.78, 5) is 16.8. The van der Waals surface area contributed by atoms with Crippen LogP contribution in [0.25, 0.3) is 17.1 Å². The molecule has 0 N–H and O–H groups in total. The van der Waals surface area contributed by atoms with E-state index in [-0.39, 0.29) is 21.1 Å². The average molecular weight is 627 g/mol. The summed E-state index contributed by atoms with van der Waals surface area (Å²) in [5.41, 5.74) is 4.20. The van der Waals surface area contributed by atoms with Crippen molar-refractivity contribution in [3.8, 4) is 17.1 Å². The standard InChI is InChI=1S/C18H17N2.C10H8N3.Pt/c1-14(2)16-10-6-7-11-17(16)20-13-12-19-18(20)15-8-4-3-5-9-15;1-3-7-11-9(5-1)13-10-6-2-4-8-12-10;/h3-8,10-14H,1-2H3;1-8H;/q2*-1;+2. The van der Waals surface area contributed by atoms with E-state index >= 15 is 0 Å². The summed E-state index contributed by atoms with van der Waals surface area (Å²) in [5, 5.41) is 0. The zero-order valence-corrected chi connectivity index (χ0v) is 21.3. The van der Waals surface area contributed by atoms with Gasteiger partial charge in [-0.3, -0.25) is 9.97 Å². The van der Waals surface area contributed by atoms with Crippen LogP contribution in [0, 0.1) is 6.07 Å². The van der Waals surface area contributed by atoms with Crippen molar-refractivity contribution in [3.63, 3.8) is 0 Å². The molecule has 0 aliphatic heterocycles. The maximum Gasteiger partial charge on any atom is 2.00 e. The summed E-state index contributed by atoms with van der Waals surface area (Å²) < 4.78 is 2.14. The smallest absolute Gasteiger partial charge is 0.443 e. The van der Waals surface area contributed by atoms with Gasteiger partial charge in [0.05, 0.1) is 11.6 Å². The molecule has 0 saturated heterocycles. The molecule has 5 aromatic rings. The number of aromatic nitrogens is 4. The van der Waals surface area contributed by atoms with Crippen molar-refractivity contribution < 1.29 is 21.1 Å². The minimum atomic E-state index is 0. The maximum atomic E-state index is 4.49. The van der Waals surface area contributed by atoms with Crippen molar-refractivity contribution in [1.29, 1.82) is 0 Å². The average Bonchev–Trinajstić information content (AvgIpc) is 3.36. The van der Waals surface area contributed by atoms with Gasteiger partial charge in [0.2, 0.25) is 0 Å². The Morgan fingerprint density at radius 3 is 2.35 bits per heavy atom. The molecule has 2 aromatic carbocycles. The second-order valence-corrected chi connectivity index (χ2v) is 7.60. The van der Waals surface area contributed by atoms with Crippen LogP contribution in [0.1, 0.15) is 25.3 Å². The number of nitrogens with zero attached hydrogens (tertiary/aromatic N) is 5. The molecule has 0 bridgehead atoms. The number of imidazole rings is 1. The first kappa shape index (κ1) is 25.1. The number of hydrogen-bond donors (Lipinski definition) is 0. The molecule has 0 unspecified atom stereocenters. The normalized spacial score (nSPS) is 10.9. The van der Waals surface area contributed by atoms with Gasteiger partial charge >= 0.3 is 21.1 Å². The van der Waals surface area contributed by atoms with Gasteiger partial charge in [0, 0.05) is 24.3 Å². The minimum absolute atomic E-state index is 0.